The minimum Gasteiger partial charge on any atom is -0.450 e. The zero-order valence-corrected chi connectivity index (χ0v) is 14.1. The SMILES string of the molecule is CCOC(=O)N1CCN(C(=O)C(=O)N(C)C2CCCCC2)CC1. The molecule has 1 heterocycles. The van der Waals surface area contributed by atoms with Crippen LogP contribution in [0.1, 0.15) is 39.0 Å². The van der Waals surface area contributed by atoms with Crippen LogP contribution >= 0.6 is 0 Å². The Hall–Kier alpha value is -1.79. The van der Waals surface area contributed by atoms with Gasteiger partial charge in [0, 0.05) is 39.3 Å². The lowest BCUT2D eigenvalue weighted by Gasteiger charge is -2.36. The summed E-state index contributed by atoms with van der Waals surface area (Å²) in [6.07, 6.45) is 5.05. The average Bonchev–Trinajstić information content (AvgIpc) is 2.61. The summed E-state index contributed by atoms with van der Waals surface area (Å²) >= 11 is 0. The molecule has 2 fully saturated rings. The summed E-state index contributed by atoms with van der Waals surface area (Å²) in [5, 5.41) is 0. The van der Waals surface area contributed by atoms with Crippen molar-refractivity contribution in [3.8, 4) is 0 Å². The first-order chi connectivity index (χ1) is 11.0. The molecule has 0 aromatic rings. The molecule has 1 aliphatic carbocycles. The Balaban J connectivity index is 1.83. The third-order valence-corrected chi connectivity index (χ3v) is 4.72. The number of carbonyl (C=O) groups is 3. The number of hydrogen-bond acceptors (Lipinski definition) is 4. The summed E-state index contributed by atoms with van der Waals surface area (Å²) < 4.78 is 4.95. The summed E-state index contributed by atoms with van der Waals surface area (Å²) in [6, 6.07) is 0.182. The number of rotatable bonds is 2. The van der Waals surface area contributed by atoms with Crippen molar-refractivity contribution in [2.75, 3.05) is 39.8 Å². The van der Waals surface area contributed by atoms with Crippen LogP contribution in [-0.2, 0) is 14.3 Å². The molecular weight excluding hydrogens is 298 g/mol. The number of carbonyl (C=O) groups excluding carboxylic acids is 3. The van der Waals surface area contributed by atoms with Gasteiger partial charge in [-0.1, -0.05) is 19.3 Å². The fourth-order valence-electron chi connectivity index (χ4n) is 3.23. The van der Waals surface area contributed by atoms with Crippen molar-refractivity contribution in [1.29, 1.82) is 0 Å². The number of amides is 3. The van der Waals surface area contributed by atoms with Gasteiger partial charge in [-0.2, -0.15) is 0 Å². The van der Waals surface area contributed by atoms with Crippen LogP contribution in [0.25, 0.3) is 0 Å². The number of nitrogens with zero attached hydrogens (tertiary/aromatic N) is 3. The second-order valence-electron chi connectivity index (χ2n) is 6.19. The molecule has 130 valence electrons. The van der Waals surface area contributed by atoms with E-state index in [1.165, 1.54) is 11.3 Å². The van der Waals surface area contributed by atoms with Crippen LogP contribution in [0.4, 0.5) is 4.79 Å². The fraction of sp³-hybridized carbons (Fsp3) is 0.812. The Bertz CT molecular complexity index is 441. The van der Waals surface area contributed by atoms with Crippen molar-refractivity contribution in [3.63, 3.8) is 0 Å². The van der Waals surface area contributed by atoms with E-state index in [0.29, 0.717) is 32.8 Å². The predicted octanol–water partition coefficient (Wildman–Crippen LogP) is 1.08. The molecule has 7 nitrogen and oxygen atoms in total. The van der Waals surface area contributed by atoms with E-state index < -0.39 is 11.8 Å². The zero-order valence-electron chi connectivity index (χ0n) is 14.1. The van der Waals surface area contributed by atoms with Crippen LogP contribution in [0.5, 0.6) is 0 Å². The first kappa shape index (κ1) is 17.6. The molecule has 0 spiro atoms. The quantitative estimate of drug-likeness (QED) is 0.712. The Morgan fingerprint density at radius 3 is 2.13 bits per heavy atom. The van der Waals surface area contributed by atoms with Gasteiger partial charge in [-0.05, 0) is 19.8 Å². The molecule has 1 saturated carbocycles. The van der Waals surface area contributed by atoms with Gasteiger partial charge in [0.25, 0.3) is 0 Å². The molecule has 23 heavy (non-hydrogen) atoms. The Kier molecular flexibility index (Phi) is 6.24. The van der Waals surface area contributed by atoms with Gasteiger partial charge >= 0.3 is 17.9 Å². The van der Waals surface area contributed by atoms with Crippen LogP contribution < -0.4 is 0 Å². The zero-order chi connectivity index (χ0) is 16.8. The number of piperazine rings is 1. The highest BCUT2D eigenvalue weighted by atomic mass is 16.6. The van der Waals surface area contributed by atoms with E-state index in [1.807, 2.05) is 0 Å². The van der Waals surface area contributed by atoms with Gasteiger partial charge in [-0.3, -0.25) is 9.59 Å². The number of hydrogen-bond donors (Lipinski definition) is 0. The van der Waals surface area contributed by atoms with Gasteiger partial charge in [-0.15, -0.1) is 0 Å². The van der Waals surface area contributed by atoms with E-state index in [9.17, 15) is 14.4 Å². The van der Waals surface area contributed by atoms with Crippen LogP contribution in [0, 0.1) is 0 Å². The lowest BCUT2D eigenvalue weighted by atomic mass is 9.94. The standard InChI is InChI=1S/C16H27N3O4/c1-3-23-16(22)19-11-9-18(10-12-19)15(21)14(20)17(2)13-7-5-4-6-8-13/h13H,3-12H2,1-2H3. The maximum absolute atomic E-state index is 12.4. The van der Waals surface area contributed by atoms with Gasteiger partial charge in [-0.25, -0.2) is 4.79 Å². The van der Waals surface area contributed by atoms with Crippen molar-refractivity contribution in [1.82, 2.24) is 14.7 Å². The predicted molar refractivity (Wildman–Crippen MR) is 84.8 cm³/mol. The summed E-state index contributed by atoms with van der Waals surface area (Å²) in [4.78, 5) is 41.1. The van der Waals surface area contributed by atoms with E-state index in [1.54, 1.807) is 23.8 Å². The Morgan fingerprint density at radius 1 is 1.00 bits per heavy atom. The molecule has 2 aliphatic rings. The second-order valence-corrected chi connectivity index (χ2v) is 6.19. The van der Waals surface area contributed by atoms with Crippen LogP contribution in [0.3, 0.4) is 0 Å². The Morgan fingerprint density at radius 2 is 1.57 bits per heavy atom. The first-order valence-electron chi connectivity index (χ1n) is 8.52. The number of ether oxygens (including phenoxy) is 1. The normalized spacial score (nSPS) is 19.4. The van der Waals surface area contributed by atoms with Gasteiger partial charge < -0.3 is 19.4 Å². The maximum atomic E-state index is 12.4. The van der Waals surface area contributed by atoms with E-state index in [4.69, 9.17) is 4.74 Å². The van der Waals surface area contributed by atoms with Crippen LogP contribution in [0.15, 0.2) is 0 Å². The van der Waals surface area contributed by atoms with Gasteiger partial charge in [0.1, 0.15) is 0 Å². The molecule has 0 N–H and O–H groups in total. The van der Waals surface area contributed by atoms with Crippen LogP contribution in [-0.4, -0.2) is 78.5 Å². The van der Waals surface area contributed by atoms with Crippen molar-refractivity contribution in [3.05, 3.63) is 0 Å². The highest BCUT2D eigenvalue weighted by Gasteiger charge is 2.32. The average molecular weight is 325 g/mol. The third kappa shape index (κ3) is 4.36. The molecule has 2 rings (SSSR count). The molecule has 0 radical (unpaired) electrons. The molecule has 3 amide bonds. The third-order valence-electron chi connectivity index (χ3n) is 4.72. The second kappa shape index (κ2) is 8.17. The summed E-state index contributed by atoms with van der Waals surface area (Å²) in [6.45, 7) is 3.67. The maximum Gasteiger partial charge on any atom is 0.409 e. The summed E-state index contributed by atoms with van der Waals surface area (Å²) in [5.74, 6) is -0.886. The topological polar surface area (TPSA) is 70.2 Å². The van der Waals surface area contributed by atoms with Crippen molar-refractivity contribution >= 4 is 17.9 Å². The smallest absolute Gasteiger partial charge is 0.409 e. The number of likely N-dealkylation sites (N-methyl/N-ethyl adjacent to an activating group) is 1. The van der Waals surface area contributed by atoms with Crippen molar-refractivity contribution in [2.24, 2.45) is 0 Å². The molecule has 0 aromatic carbocycles. The minimum atomic E-state index is -0.457. The molecule has 7 heteroatoms. The van der Waals surface area contributed by atoms with Crippen LogP contribution in [0.2, 0.25) is 0 Å². The highest BCUT2D eigenvalue weighted by molar-refractivity contribution is 6.34. The summed E-state index contributed by atoms with van der Waals surface area (Å²) in [5.41, 5.74) is 0. The molecular formula is C16H27N3O4. The largest absolute Gasteiger partial charge is 0.450 e. The summed E-state index contributed by atoms with van der Waals surface area (Å²) in [7, 11) is 1.73. The fourth-order valence-corrected chi connectivity index (χ4v) is 3.23. The van der Waals surface area contributed by atoms with E-state index >= 15 is 0 Å². The van der Waals surface area contributed by atoms with Gasteiger partial charge in [0.15, 0.2) is 0 Å². The Labute approximate surface area is 137 Å². The van der Waals surface area contributed by atoms with Crippen molar-refractivity contribution in [2.45, 2.75) is 45.1 Å². The molecule has 0 unspecified atom stereocenters. The molecule has 0 atom stereocenters. The van der Waals surface area contributed by atoms with Gasteiger partial charge in [0.2, 0.25) is 0 Å². The lowest BCUT2D eigenvalue weighted by Crippen LogP contribution is -2.55. The van der Waals surface area contributed by atoms with Crippen molar-refractivity contribution < 1.29 is 19.1 Å². The molecule has 1 aliphatic heterocycles. The van der Waals surface area contributed by atoms with E-state index in [0.717, 1.165) is 25.7 Å². The van der Waals surface area contributed by atoms with E-state index in [-0.39, 0.29) is 12.1 Å². The molecule has 0 bridgehead atoms. The lowest BCUT2D eigenvalue weighted by molar-refractivity contribution is -0.153. The first-order valence-corrected chi connectivity index (χ1v) is 8.52. The molecule has 1 saturated heterocycles. The monoisotopic (exact) mass is 325 g/mol. The van der Waals surface area contributed by atoms with Gasteiger partial charge in [0.05, 0.1) is 6.61 Å². The van der Waals surface area contributed by atoms with E-state index in [2.05, 4.69) is 0 Å². The minimum absolute atomic E-state index is 0.182. The highest BCUT2D eigenvalue weighted by Crippen LogP contribution is 2.22. The molecule has 0 aromatic heterocycles.